The molecule has 2 rings (SSSR count). The van der Waals surface area contributed by atoms with E-state index in [0.29, 0.717) is 13.2 Å². The smallest absolute Gasteiger partial charge is 0.191 e. The van der Waals surface area contributed by atoms with Crippen molar-refractivity contribution < 1.29 is 14.6 Å². The van der Waals surface area contributed by atoms with Crippen molar-refractivity contribution in [1.29, 1.82) is 0 Å². The molecule has 31 heavy (non-hydrogen) atoms. The molecule has 3 N–H and O–H groups in total. The Labute approximate surface area is 188 Å². The Bertz CT molecular complexity index is 643. The summed E-state index contributed by atoms with van der Waals surface area (Å²) in [6.45, 7) is 14.0. The fourth-order valence-electron chi connectivity index (χ4n) is 3.81. The Morgan fingerprint density at radius 1 is 1.19 bits per heavy atom. The van der Waals surface area contributed by atoms with Gasteiger partial charge in [0.15, 0.2) is 5.96 Å². The van der Waals surface area contributed by atoms with Crippen molar-refractivity contribution in [3.05, 3.63) is 29.8 Å². The summed E-state index contributed by atoms with van der Waals surface area (Å²) < 4.78 is 11.4. The number of rotatable bonds is 13. The van der Waals surface area contributed by atoms with Crippen molar-refractivity contribution in [2.24, 2.45) is 10.4 Å². The van der Waals surface area contributed by atoms with Gasteiger partial charge in [0, 0.05) is 39.3 Å². The molecule has 0 radical (unpaired) electrons. The van der Waals surface area contributed by atoms with Crippen LogP contribution in [-0.2, 0) is 11.3 Å². The van der Waals surface area contributed by atoms with Crippen LogP contribution in [0.15, 0.2) is 29.3 Å². The van der Waals surface area contributed by atoms with Crippen LogP contribution in [0.1, 0.15) is 45.6 Å². The predicted octanol–water partition coefficient (Wildman–Crippen LogP) is 2.64. The number of ether oxygens (including phenoxy) is 2. The molecule has 0 aliphatic carbocycles. The number of hydrogen-bond acceptors (Lipinski definition) is 5. The molecule has 176 valence electrons. The molecule has 7 nitrogen and oxygen atoms in total. The molecule has 1 heterocycles. The van der Waals surface area contributed by atoms with Gasteiger partial charge in [0.2, 0.25) is 0 Å². The van der Waals surface area contributed by atoms with E-state index in [9.17, 15) is 5.11 Å². The molecular formula is C24H42N4O3. The van der Waals surface area contributed by atoms with Gasteiger partial charge in [-0.3, -0.25) is 4.90 Å². The Morgan fingerprint density at radius 2 is 1.97 bits per heavy atom. The quantitative estimate of drug-likeness (QED) is 0.327. The van der Waals surface area contributed by atoms with E-state index in [1.54, 1.807) is 0 Å². The third-order valence-electron chi connectivity index (χ3n) is 6.22. The van der Waals surface area contributed by atoms with Crippen molar-refractivity contribution in [2.75, 3.05) is 59.2 Å². The molecule has 0 amide bonds. The summed E-state index contributed by atoms with van der Waals surface area (Å²) in [7, 11) is 0. The van der Waals surface area contributed by atoms with Gasteiger partial charge < -0.3 is 25.2 Å². The summed E-state index contributed by atoms with van der Waals surface area (Å²) in [4.78, 5) is 7.14. The van der Waals surface area contributed by atoms with Crippen LogP contribution in [0.25, 0.3) is 0 Å². The Kier molecular flexibility index (Phi) is 11.7. The molecule has 1 aromatic carbocycles. The molecule has 1 fully saturated rings. The maximum absolute atomic E-state index is 9.45. The molecule has 1 aliphatic heterocycles. The lowest BCUT2D eigenvalue weighted by atomic mass is 9.79. The predicted molar refractivity (Wildman–Crippen MR) is 127 cm³/mol. The first-order valence-electron chi connectivity index (χ1n) is 11.8. The number of hydrogen-bond donors (Lipinski definition) is 3. The van der Waals surface area contributed by atoms with Crippen molar-refractivity contribution >= 4 is 5.96 Å². The molecule has 0 aromatic heterocycles. The molecule has 0 atom stereocenters. The zero-order valence-electron chi connectivity index (χ0n) is 19.7. The van der Waals surface area contributed by atoms with Crippen molar-refractivity contribution in [3.63, 3.8) is 0 Å². The number of nitrogens with one attached hydrogen (secondary N) is 2. The van der Waals surface area contributed by atoms with Crippen molar-refractivity contribution in [3.8, 4) is 5.75 Å². The van der Waals surface area contributed by atoms with Gasteiger partial charge in [0.1, 0.15) is 12.4 Å². The first-order chi connectivity index (χ1) is 15.1. The summed E-state index contributed by atoms with van der Waals surface area (Å²) in [5.41, 5.74) is 1.22. The normalized spacial score (nSPS) is 15.7. The van der Waals surface area contributed by atoms with Crippen molar-refractivity contribution in [2.45, 2.75) is 46.6 Å². The van der Waals surface area contributed by atoms with Gasteiger partial charge in [-0.05, 0) is 49.3 Å². The summed E-state index contributed by atoms with van der Waals surface area (Å²) in [5.74, 6) is 1.70. The van der Waals surface area contributed by atoms with E-state index >= 15 is 0 Å². The van der Waals surface area contributed by atoms with E-state index in [-0.39, 0.29) is 12.0 Å². The number of aliphatic hydroxyl groups excluding tert-OH is 1. The molecule has 0 bridgehead atoms. The molecule has 0 spiro atoms. The van der Waals surface area contributed by atoms with Gasteiger partial charge in [-0.25, -0.2) is 4.99 Å². The van der Waals surface area contributed by atoms with Crippen LogP contribution in [0.5, 0.6) is 5.75 Å². The second-order valence-corrected chi connectivity index (χ2v) is 8.18. The number of aliphatic hydroxyl groups is 1. The molecule has 1 aromatic rings. The minimum Gasteiger partial charge on any atom is -0.492 e. The number of guanidine groups is 1. The SMILES string of the molecule is CCNC(=NCc1cccc(OCCN2CCOCC2)c1)NCC(CC)(CC)CCO. The van der Waals surface area contributed by atoms with E-state index in [1.807, 2.05) is 12.1 Å². The number of aliphatic imine (C=N–C) groups is 1. The standard InChI is InChI=1S/C24H42N4O3/c1-4-24(5-2,10-14-29)20-27-23(25-6-3)26-19-21-8-7-9-22(18-21)31-17-13-28-11-15-30-16-12-28/h7-9,18,29H,4-6,10-17,19-20H2,1-3H3,(H2,25,26,27). The maximum Gasteiger partial charge on any atom is 0.191 e. The van der Waals surface area contributed by atoms with Gasteiger partial charge in [0.05, 0.1) is 19.8 Å². The van der Waals surface area contributed by atoms with E-state index in [2.05, 4.69) is 48.4 Å². The fourth-order valence-corrected chi connectivity index (χ4v) is 3.81. The van der Waals surface area contributed by atoms with E-state index in [4.69, 9.17) is 14.5 Å². The Hall–Kier alpha value is -1.83. The average molecular weight is 435 g/mol. The molecule has 1 saturated heterocycles. The summed E-state index contributed by atoms with van der Waals surface area (Å²) in [6, 6.07) is 8.17. The van der Waals surface area contributed by atoms with E-state index in [0.717, 1.165) is 82.5 Å². The fraction of sp³-hybridized carbons (Fsp3) is 0.708. The Morgan fingerprint density at radius 3 is 2.65 bits per heavy atom. The average Bonchev–Trinajstić information content (AvgIpc) is 2.81. The topological polar surface area (TPSA) is 78.4 Å². The second-order valence-electron chi connectivity index (χ2n) is 8.18. The van der Waals surface area contributed by atoms with Gasteiger partial charge in [-0.15, -0.1) is 0 Å². The van der Waals surface area contributed by atoms with Gasteiger partial charge in [-0.1, -0.05) is 26.0 Å². The number of morpholine rings is 1. The van der Waals surface area contributed by atoms with E-state index < -0.39 is 0 Å². The molecule has 7 heteroatoms. The summed E-state index contributed by atoms with van der Waals surface area (Å²) >= 11 is 0. The lowest BCUT2D eigenvalue weighted by Crippen LogP contribution is -2.43. The molecule has 1 aliphatic rings. The van der Waals surface area contributed by atoms with Gasteiger partial charge in [-0.2, -0.15) is 0 Å². The van der Waals surface area contributed by atoms with Crippen molar-refractivity contribution in [1.82, 2.24) is 15.5 Å². The first-order valence-corrected chi connectivity index (χ1v) is 11.8. The summed E-state index contributed by atoms with van der Waals surface area (Å²) in [5, 5.41) is 16.3. The Balaban J connectivity index is 1.88. The second kappa shape index (κ2) is 14.3. The maximum atomic E-state index is 9.45. The lowest BCUT2D eigenvalue weighted by Gasteiger charge is -2.32. The van der Waals surface area contributed by atoms with Crippen LogP contribution in [0.3, 0.4) is 0 Å². The third kappa shape index (κ3) is 9.05. The molecular weight excluding hydrogens is 392 g/mol. The molecule has 0 unspecified atom stereocenters. The highest BCUT2D eigenvalue weighted by Gasteiger charge is 2.25. The number of nitrogens with zero attached hydrogens (tertiary/aromatic N) is 2. The monoisotopic (exact) mass is 434 g/mol. The zero-order valence-corrected chi connectivity index (χ0v) is 19.7. The highest BCUT2D eigenvalue weighted by molar-refractivity contribution is 5.79. The van der Waals surface area contributed by atoms with Gasteiger partial charge in [0.25, 0.3) is 0 Å². The first kappa shape index (κ1) is 25.4. The van der Waals surface area contributed by atoms with Crippen LogP contribution in [0.2, 0.25) is 0 Å². The van der Waals surface area contributed by atoms with Crippen LogP contribution < -0.4 is 15.4 Å². The van der Waals surface area contributed by atoms with Crippen LogP contribution in [-0.4, -0.2) is 75.1 Å². The van der Waals surface area contributed by atoms with E-state index in [1.165, 1.54) is 0 Å². The summed E-state index contributed by atoms with van der Waals surface area (Å²) in [6.07, 6.45) is 2.86. The number of benzene rings is 1. The minimum absolute atomic E-state index is 0.0964. The molecule has 0 saturated carbocycles. The zero-order chi connectivity index (χ0) is 22.4. The van der Waals surface area contributed by atoms with Crippen LogP contribution in [0.4, 0.5) is 0 Å². The highest BCUT2D eigenvalue weighted by atomic mass is 16.5. The largest absolute Gasteiger partial charge is 0.492 e. The highest BCUT2D eigenvalue weighted by Crippen LogP contribution is 2.29. The van der Waals surface area contributed by atoms with Crippen LogP contribution in [0, 0.1) is 5.41 Å². The lowest BCUT2D eigenvalue weighted by molar-refractivity contribution is 0.0322. The minimum atomic E-state index is 0.0964. The van der Waals surface area contributed by atoms with Crippen LogP contribution >= 0.6 is 0 Å². The third-order valence-corrected chi connectivity index (χ3v) is 6.22. The van der Waals surface area contributed by atoms with Gasteiger partial charge >= 0.3 is 0 Å².